The van der Waals surface area contributed by atoms with Crippen molar-refractivity contribution in [3.05, 3.63) is 41.2 Å². The van der Waals surface area contributed by atoms with E-state index in [2.05, 4.69) is 56.5 Å². The molecule has 2 aromatic rings. The van der Waals surface area contributed by atoms with E-state index in [-0.39, 0.29) is 0 Å². The number of pyridine rings is 1. The lowest BCUT2D eigenvalue weighted by Crippen LogP contribution is -1.93. The molecule has 0 saturated heterocycles. The fourth-order valence-electron chi connectivity index (χ4n) is 2.28. The van der Waals surface area contributed by atoms with Gasteiger partial charge < -0.3 is 4.40 Å². The van der Waals surface area contributed by atoms with E-state index in [1.54, 1.807) is 0 Å². The summed E-state index contributed by atoms with van der Waals surface area (Å²) in [7, 11) is 0. The van der Waals surface area contributed by atoms with Crippen LogP contribution in [0.3, 0.4) is 0 Å². The van der Waals surface area contributed by atoms with E-state index in [0.717, 1.165) is 12.8 Å². The maximum absolute atomic E-state index is 2.37. The summed E-state index contributed by atoms with van der Waals surface area (Å²) < 4.78 is 2.37. The van der Waals surface area contributed by atoms with Crippen LogP contribution < -0.4 is 0 Å². The van der Waals surface area contributed by atoms with Crippen molar-refractivity contribution >= 4 is 5.52 Å². The third kappa shape index (κ3) is 1.75. The Morgan fingerprint density at radius 3 is 2.44 bits per heavy atom. The molecule has 2 rings (SSSR count). The molecule has 2 aromatic heterocycles. The standard InChI is InChI=1S/C15H21N/c1-5-12-7-8-15-14(11(3)4)9-13(6-2)16(15)10-12/h7-11H,5-6H2,1-4H3. The zero-order chi connectivity index (χ0) is 11.7. The molecule has 0 aromatic carbocycles. The monoisotopic (exact) mass is 215 g/mol. The molecule has 0 amide bonds. The summed E-state index contributed by atoms with van der Waals surface area (Å²) in [6, 6.07) is 6.88. The van der Waals surface area contributed by atoms with E-state index < -0.39 is 0 Å². The fourth-order valence-corrected chi connectivity index (χ4v) is 2.28. The van der Waals surface area contributed by atoms with Gasteiger partial charge in [-0.2, -0.15) is 0 Å². The minimum atomic E-state index is 0.600. The molecule has 0 N–H and O–H groups in total. The van der Waals surface area contributed by atoms with E-state index in [4.69, 9.17) is 0 Å². The molecule has 1 heteroatoms. The second kappa shape index (κ2) is 4.32. The molecule has 1 nitrogen and oxygen atoms in total. The van der Waals surface area contributed by atoms with Gasteiger partial charge in [0.2, 0.25) is 0 Å². The van der Waals surface area contributed by atoms with Crippen molar-refractivity contribution in [2.75, 3.05) is 0 Å². The van der Waals surface area contributed by atoms with Crippen molar-refractivity contribution in [1.82, 2.24) is 4.40 Å². The first kappa shape index (κ1) is 11.3. The van der Waals surface area contributed by atoms with Gasteiger partial charge in [-0.1, -0.05) is 33.8 Å². The Bertz CT molecular complexity index is 491. The minimum Gasteiger partial charge on any atom is -0.320 e. The second-order valence-corrected chi connectivity index (χ2v) is 4.75. The molecule has 0 saturated carbocycles. The number of rotatable bonds is 3. The number of fused-ring (bicyclic) bond motifs is 1. The molecular formula is C15H21N. The highest BCUT2D eigenvalue weighted by atomic mass is 14.9. The van der Waals surface area contributed by atoms with Crippen LogP contribution in [0, 0.1) is 0 Å². The highest BCUT2D eigenvalue weighted by Gasteiger charge is 2.10. The number of hydrogen-bond acceptors (Lipinski definition) is 0. The quantitative estimate of drug-likeness (QED) is 0.723. The Balaban J connectivity index is 2.69. The lowest BCUT2D eigenvalue weighted by Gasteiger charge is -2.05. The molecule has 0 radical (unpaired) electrons. The maximum atomic E-state index is 2.37. The van der Waals surface area contributed by atoms with Gasteiger partial charge in [0.15, 0.2) is 0 Å². The van der Waals surface area contributed by atoms with E-state index in [1.807, 2.05) is 0 Å². The molecule has 0 unspecified atom stereocenters. The van der Waals surface area contributed by atoms with Crippen molar-refractivity contribution in [3.63, 3.8) is 0 Å². The van der Waals surface area contributed by atoms with Crippen LogP contribution in [0.25, 0.3) is 5.52 Å². The van der Waals surface area contributed by atoms with Crippen molar-refractivity contribution < 1.29 is 0 Å². The Hall–Kier alpha value is -1.24. The smallest absolute Gasteiger partial charge is 0.0487 e. The van der Waals surface area contributed by atoms with E-state index in [0.29, 0.717) is 5.92 Å². The van der Waals surface area contributed by atoms with Gasteiger partial charge >= 0.3 is 0 Å². The molecule has 0 aliphatic carbocycles. The van der Waals surface area contributed by atoms with Crippen molar-refractivity contribution in [3.8, 4) is 0 Å². The van der Waals surface area contributed by atoms with Crippen LogP contribution in [0.4, 0.5) is 0 Å². The van der Waals surface area contributed by atoms with E-state index >= 15 is 0 Å². The maximum Gasteiger partial charge on any atom is 0.0487 e. The SMILES string of the molecule is CCc1ccc2c(C(C)C)cc(CC)n2c1. The third-order valence-electron chi connectivity index (χ3n) is 3.33. The van der Waals surface area contributed by atoms with Gasteiger partial charge in [0.25, 0.3) is 0 Å². The van der Waals surface area contributed by atoms with Gasteiger partial charge in [0.1, 0.15) is 0 Å². The molecule has 0 atom stereocenters. The summed E-state index contributed by atoms with van der Waals surface area (Å²) in [5.74, 6) is 0.600. The predicted octanol–water partition coefficient (Wildman–Crippen LogP) is 4.19. The van der Waals surface area contributed by atoms with Gasteiger partial charge in [-0.25, -0.2) is 0 Å². The number of nitrogens with zero attached hydrogens (tertiary/aromatic N) is 1. The van der Waals surface area contributed by atoms with Crippen LogP contribution in [-0.2, 0) is 12.8 Å². The Morgan fingerprint density at radius 2 is 1.88 bits per heavy atom. The van der Waals surface area contributed by atoms with Crippen molar-refractivity contribution in [2.45, 2.75) is 46.5 Å². The van der Waals surface area contributed by atoms with Gasteiger partial charge in [0.05, 0.1) is 0 Å². The third-order valence-corrected chi connectivity index (χ3v) is 3.33. The minimum absolute atomic E-state index is 0.600. The summed E-state index contributed by atoms with van der Waals surface area (Å²) in [6.07, 6.45) is 4.50. The molecule has 0 bridgehead atoms. The molecule has 16 heavy (non-hydrogen) atoms. The number of hydrogen-bond donors (Lipinski definition) is 0. The molecule has 0 aliphatic heterocycles. The number of aryl methyl sites for hydroxylation is 2. The van der Waals surface area contributed by atoms with Crippen LogP contribution in [0.5, 0.6) is 0 Å². The fraction of sp³-hybridized carbons (Fsp3) is 0.467. The summed E-state index contributed by atoms with van der Waals surface area (Å²) in [5, 5.41) is 0. The Labute approximate surface area is 98.1 Å². The molecule has 2 heterocycles. The zero-order valence-corrected chi connectivity index (χ0v) is 10.7. The van der Waals surface area contributed by atoms with Crippen molar-refractivity contribution in [2.24, 2.45) is 0 Å². The van der Waals surface area contributed by atoms with Crippen LogP contribution in [0.15, 0.2) is 24.4 Å². The zero-order valence-electron chi connectivity index (χ0n) is 10.7. The van der Waals surface area contributed by atoms with Crippen LogP contribution >= 0.6 is 0 Å². The molecule has 0 aliphatic rings. The number of aromatic nitrogens is 1. The first-order valence-electron chi connectivity index (χ1n) is 6.30. The van der Waals surface area contributed by atoms with Crippen LogP contribution in [-0.4, -0.2) is 4.40 Å². The summed E-state index contributed by atoms with van der Waals surface area (Å²) >= 11 is 0. The van der Waals surface area contributed by atoms with E-state index in [9.17, 15) is 0 Å². The molecule has 0 spiro atoms. The average Bonchev–Trinajstić information content (AvgIpc) is 2.66. The first-order valence-corrected chi connectivity index (χ1v) is 6.30. The van der Waals surface area contributed by atoms with Crippen LogP contribution in [0.2, 0.25) is 0 Å². The normalized spacial score (nSPS) is 11.6. The summed E-state index contributed by atoms with van der Waals surface area (Å²) in [5.41, 5.74) is 5.69. The highest BCUT2D eigenvalue weighted by Crippen LogP contribution is 2.25. The van der Waals surface area contributed by atoms with Crippen LogP contribution in [0.1, 0.15) is 50.4 Å². The Morgan fingerprint density at radius 1 is 1.12 bits per heavy atom. The molecule has 0 fully saturated rings. The Kier molecular flexibility index (Phi) is 3.04. The summed E-state index contributed by atoms with van der Waals surface area (Å²) in [6.45, 7) is 8.97. The van der Waals surface area contributed by atoms with Crippen molar-refractivity contribution in [1.29, 1.82) is 0 Å². The van der Waals surface area contributed by atoms with E-state index in [1.165, 1.54) is 22.3 Å². The van der Waals surface area contributed by atoms with Gasteiger partial charge in [-0.3, -0.25) is 0 Å². The topological polar surface area (TPSA) is 4.41 Å². The highest BCUT2D eigenvalue weighted by molar-refractivity contribution is 5.59. The van der Waals surface area contributed by atoms with Gasteiger partial charge in [-0.15, -0.1) is 0 Å². The largest absolute Gasteiger partial charge is 0.320 e. The molecular weight excluding hydrogens is 194 g/mol. The molecule has 86 valence electrons. The lowest BCUT2D eigenvalue weighted by molar-refractivity contribution is 0.876. The first-order chi connectivity index (χ1) is 7.67. The second-order valence-electron chi connectivity index (χ2n) is 4.75. The predicted molar refractivity (Wildman–Crippen MR) is 70.2 cm³/mol. The van der Waals surface area contributed by atoms with Gasteiger partial charge in [-0.05, 0) is 42.0 Å². The summed E-state index contributed by atoms with van der Waals surface area (Å²) in [4.78, 5) is 0. The average molecular weight is 215 g/mol. The lowest BCUT2D eigenvalue weighted by atomic mass is 10.0. The van der Waals surface area contributed by atoms with Gasteiger partial charge in [0, 0.05) is 17.4 Å².